The lowest BCUT2D eigenvalue weighted by Gasteiger charge is -1.90. The number of rotatable bonds is 0. The first-order chi connectivity index (χ1) is 4.95. The van der Waals surface area contributed by atoms with E-state index >= 15 is 0 Å². The molecule has 1 heterocycles. The lowest BCUT2D eigenvalue weighted by atomic mass is 10.1. The van der Waals surface area contributed by atoms with Gasteiger partial charge in [-0.3, -0.25) is 4.99 Å². The van der Waals surface area contributed by atoms with E-state index in [1.165, 1.54) is 11.1 Å². The number of nitrogens with zero attached hydrogens (tertiary/aromatic N) is 1. The molecule has 10 heavy (non-hydrogen) atoms. The van der Waals surface area contributed by atoms with Gasteiger partial charge in [-0.15, -0.1) is 0 Å². The van der Waals surface area contributed by atoms with Crippen LogP contribution in [-0.4, -0.2) is 6.21 Å². The van der Waals surface area contributed by atoms with Crippen molar-refractivity contribution < 1.29 is 0 Å². The minimum absolute atomic E-state index is 1.17. The van der Waals surface area contributed by atoms with Crippen molar-refractivity contribution in [3.05, 3.63) is 41.6 Å². The van der Waals surface area contributed by atoms with Crippen LogP contribution in [0.25, 0.3) is 6.08 Å². The monoisotopic (exact) mass is 129 g/mol. The maximum absolute atomic E-state index is 4.05. The largest absolute Gasteiger partial charge is 0.264 e. The van der Waals surface area contributed by atoms with Gasteiger partial charge in [0.2, 0.25) is 0 Å². The number of hydrogen-bond donors (Lipinski definition) is 0. The lowest BCUT2D eigenvalue weighted by molar-refractivity contribution is 1.62. The summed E-state index contributed by atoms with van der Waals surface area (Å²) in [6.45, 7) is 0. The SMILES string of the molecule is C1=Cc2cccc(c2)C=N1. The Bertz CT molecular complexity index is 270. The minimum atomic E-state index is 1.17. The van der Waals surface area contributed by atoms with Gasteiger partial charge in [-0.05, 0) is 23.3 Å². The Morgan fingerprint density at radius 3 is 3.00 bits per heavy atom. The van der Waals surface area contributed by atoms with Crippen molar-refractivity contribution in [2.24, 2.45) is 4.99 Å². The average molecular weight is 129 g/mol. The van der Waals surface area contributed by atoms with Crippen LogP contribution in [0.2, 0.25) is 0 Å². The quantitative estimate of drug-likeness (QED) is 0.508. The van der Waals surface area contributed by atoms with E-state index in [-0.39, 0.29) is 0 Å². The molecule has 48 valence electrons. The number of fused-ring (bicyclic) bond motifs is 2. The molecule has 1 aliphatic heterocycles. The maximum Gasteiger partial charge on any atom is 0.0340 e. The van der Waals surface area contributed by atoms with Crippen LogP contribution in [0.3, 0.4) is 0 Å². The first-order valence-electron chi connectivity index (χ1n) is 3.25. The Balaban J connectivity index is 2.65. The van der Waals surface area contributed by atoms with Gasteiger partial charge in [0.25, 0.3) is 0 Å². The molecule has 0 atom stereocenters. The molecule has 2 rings (SSSR count). The number of benzene rings is 1. The third kappa shape index (κ3) is 0.860. The fourth-order valence-electron chi connectivity index (χ4n) is 1.00. The fourth-order valence-corrected chi connectivity index (χ4v) is 1.00. The summed E-state index contributed by atoms with van der Waals surface area (Å²) in [6.07, 6.45) is 5.66. The van der Waals surface area contributed by atoms with Gasteiger partial charge in [-0.25, -0.2) is 0 Å². The Kier molecular flexibility index (Phi) is 1.14. The molecular weight excluding hydrogens is 122 g/mol. The molecule has 2 bridgehead atoms. The second kappa shape index (κ2) is 2.10. The topological polar surface area (TPSA) is 12.4 Å². The highest BCUT2D eigenvalue weighted by Crippen LogP contribution is 2.07. The first-order valence-corrected chi connectivity index (χ1v) is 3.25. The van der Waals surface area contributed by atoms with Crippen molar-refractivity contribution in [1.82, 2.24) is 0 Å². The highest BCUT2D eigenvalue weighted by Gasteiger charge is 1.91. The molecule has 0 N–H and O–H groups in total. The Morgan fingerprint density at radius 2 is 2.00 bits per heavy atom. The summed E-state index contributed by atoms with van der Waals surface area (Å²) in [5, 5.41) is 0. The summed E-state index contributed by atoms with van der Waals surface area (Å²) < 4.78 is 0. The van der Waals surface area contributed by atoms with Crippen LogP contribution in [0.5, 0.6) is 0 Å². The molecule has 0 aliphatic carbocycles. The molecule has 0 unspecified atom stereocenters. The molecule has 1 nitrogen and oxygen atoms in total. The zero-order valence-electron chi connectivity index (χ0n) is 5.49. The van der Waals surface area contributed by atoms with E-state index in [1.54, 1.807) is 0 Å². The second-order valence-electron chi connectivity index (χ2n) is 2.26. The highest BCUT2D eigenvalue weighted by atomic mass is 14.7. The molecule has 0 radical (unpaired) electrons. The van der Waals surface area contributed by atoms with Crippen LogP contribution in [0.1, 0.15) is 11.1 Å². The van der Waals surface area contributed by atoms with E-state index in [2.05, 4.69) is 17.1 Å². The predicted molar refractivity (Wildman–Crippen MR) is 43.1 cm³/mol. The molecule has 0 aromatic heterocycles. The summed E-state index contributed by atoms with van der Waals surface area (Å²) in [5.74, 6) is 0. The molecule has 0 spiro atoms. The maximum atomic E-state index is 4.05. The summed E-state index contributed by atoms with van der Waals surface area (Å²) >= 11 is 0. The van der Waals surface area contributed by atoms with Crippen molar-refractivity contribution >= 4 is 12.3 Å². The summed E-state index contributed by atoms with van der Waals surface area (Å²) in [7, 11) is 0. The first kappa shape index (κ1) is 5.42. The van der Waals surface area contributed by atoms with E-state index in [4.69, 9.17) is 0 Å². The summed E-state index contributed by atoms with van der Waals surface area (Å²) in [5.41, 5.74) is 2.39. The third-order valence-electron chi connectivity index (χ3n) is 1.49. The van der Waals surface area contributed by atoms with Crippen LogP contribution in [0.4, 0.5) is 0 Å². The fraction of sp³-hybridized carbons (Fsp3) is 0. The minimum Gasteiger partial charge on any atom is -0.264 e. The normalized spacial score (nSPS) is 13.2. The molecule has 1 aliphatic rings. The van der Waals surface area contributed by atoms with Crippen molar-refractivity contribution in [2.45, 2.75) is 0 Å². The van der Waals surface area contributed by atoms with E-state index in [0.717, 1.165) is 0 Å². The molecule has 0 saturated heterocycles. The third-order valence-corrected chi connectivity index (χ3v) is 1.49. The predicted octanol–water partition coefficient (Wildman–Crippen LogP) is 2.09. The summed E-state index contributed by atoms with van der Waals surface area (Å²) in [6, 6.07) is 8.24. The van der Waals surface area contributed by atoms with E-state index in [9.17, 15) is 0 Å². The molecule has 1 aromatic carbocycles. The van der Waals surface area contributed by atoms with Gasteiger partial charge in [-0.1, -0.05) is 18.2 Å². The van der Waals surface area contributed by atoms with Crippen molar-refractivity contribution in [3.8, 4) is 0 Å². The van der Waals surface area contributed by atoms with Gasteiger partial charge in [0.15, 0.2) is 0 Å². The van der Waals surface area contributed by atoms with Gasteiger partial charge >= 0.3 is 0 Å². The van der Waals surface area contributed by atoms with Crippen molar-refractivity contribution in [1.29, 1.82) is 0 Å². The van der Waals surface area contributed by atoms with Gasteiger partial charge in [0.1, 0.15) is 0 Å². The smallest absolute Gasteiger partial charge is 0.0340 e. The van der Waals surface area contributed by atoms with Gasteiger partial charge in [0, 0.05) is 12.4 Å². The van der Waals surface area contributed by atoms with Gasteiger partial charge in [0.05, 0.1) is 0 Å². The Morgan fingerprint density at radius 1 is 1.10 bits per heavy atom. The summed E-state index contributed by atoms with van der Waals surface area (Å²) in [4.78, 5) is 4.05. The molecule has 0 saturated carbocycles. The van der Waals surface area contributed by atoms with Crippen molar-refractivity contribution in [3.63, 3.8) is 0 Å². The van der Waals surface area contributed by atoms with E-state index < -0.39 is 0 Å². The number of hydrogen-bond acceptors (Lipinski definition) is 1. The second-order valence-corrected chi connectivity index (χ2v) is 2.26. The van der Waals surface area contributed by atoms with Crippen LogP contribution < -0.4 is 0 Å². The van der Waals surface area contributed by atoms with E-state index in [1.807, 2.05) is 30.6 Å². The Labute approximate surface area is 59.7 Å². The molecule has 0 fully saturated rings. The Hall–Kier alpha value is -1.37. The van der Waals surface area contributed by atoms with Crippen LogP contribution in [0.15, 0.2) is 35.5 Å². The van der Waals surface area contributed by atoms with E-state index in [0.29, 0.717) is 0 Å². The van der Waals surface area contributed by atoms with Crippen molar-refractivity contribution in [2.75, 3.05) is 0 Å². The lowest BCUT2D eigenvalue weighted by Crippen LogP contribution is -1.77. The van der Waals surface area contributed by atoms with Gasteiger partial charge in [-0.2, -0.15) is 0 Å². The molecule has 1 heteroatoms. The van der Waals surface area contributed by atoms with Crippen LogP contribution in [-0.2, 0) is 0 Å². The highest BCUT2D eigenvalue weighted by molar-refractivity contribution is 5.82. The molecule has 1 aromatic rings. The standard InChI is InChI=1S/C9H7N/c1-2-8-4-5-10-7-9(3-1)6-8/h1-7H. The number of aliphatic imine (C=N–C) groups is 1. The molecular formula is C9H7N. The van der Waals surface area contributed by atoms with Crippen LogP contribution in [0, 0.1) is 0 Å². The zero-order valence-corrected chi connectivity index (χ0v) is 5.49. The average Bonchev–Trinajstić information content (AvgIpc) is 2.12. The van der Waals surface area contributed by atoms with Crippen LogP contribution >= 0.6 is 0 Å². The zero-order chi connectivity index (χ0) is 6.81. The molecule has 0 amide bonds. The van der Waals surface area contributed by atoms with Gasteiger partial charge < -0.3 is 0 Å².